The van der Waals surface area contributed by atoms with Crippen LogP contribution in [-0.2, 0) is 6.54 Å². The number of hydrogen-bond donors (Lipinski definition) is 1. The summed E-state index contributed by atoms with van der Waals surface area (Å²) in [5.41, 5.74) is 1.70. The second-order valence-corrected chi connectivity index (χ2v) is 9.58. The van der Waals surface area contributed by atoms with Crippen LogP contribution >= 0.6 is 15.9 Å². The normalized spacial score (nSPS) is 20.4. The Morgan fingerprint density at radius 1 is 1.28 bits per heavy atom. The molecule has 3 heterocycles. The van der Waals surface area contributed by atoms with Gasteiger partial charge in [-0.15, -0.1) is 0 Å². The molecule has 1 aromatic heterocycles. The van der Waals surface area contributed by atoms with Crippen LogP contribution in [0.4, 0.5) is 11.8 Å². The molecule has 0 spiro atoms. The Bertz CT molecular complexity index is 1070. The highest BCUT2D eigenvalue weighted by atomic mass is 79.9. The fraction of sp³-hybridized carbons (Fsp3) is 0.522. The minimum Gasteiger partial charge on any atom is -0.496 e. The van der Waals surface area contributed by atoms with Crippen molar-refractivity contribution in [1.29, 1.82) is 0 Å². The maximum absolute atomic E-state index is 13.6. The van der Waals surface area contributed by atoms with Gasteiger partial charge in [0.05, 0.1) is 24.2 Å². The molecule has 1 N–H and O–H groups in total. The number of halogens is 1. The van der Waals surface area contributed by atoms with Crippen molar-refractivity contribution < 1.29 is 9.53 Å². The molecule has 1 amide bonds. The number of hydrogen-bond acceptors (Lipinski definition) is 6. The van der Waals surface area contributed by atoms with Crippen molar-refractivity contribution in [2.75, 3.05) is 30.4 Å². The first-order chi connectivity index (χ1) is 15.5. The number of fused-ring (bicyclic) bond motifs is 3. The summed E-state index contributed by atoms with van der Waals surface area (Å²) in [5.74, 6) is 2.95. The third kappa shape index (κ3) is 3.56. The number of amides is 1. The summed E-state index contributed by atoms with van der Waals surface area (Å²) in [4.78, 5) is 27.2. The summed E-state index contributed by atoms with van der Waals surface area (Å²) < 4.78 is 8.32. The molecule has 1 aromatic carbocycles. The molecule has 0 bridgehead atoms. The first-order valence-corrected chi connectivity index (χ1v) is 12.2. The van der Waals surface area contributed by atoms with Crippen LogP contribution in [0.25, 0.3) is 0 Å². The molecule has 0 unspecified atom stereocenters. The molecule has 0 saturated heterocycles. The average Bonchev–Trinajstić information content (AvgIpc) is 3.49. The van der Waals surface area contributed by atoms with Crippen molar-refractivity contribution in [2.45, 2.75) is 58.2 Å². The predicted octanol–water partition coefficient (Wildman–Crippen LogP) is 4.10. The Balaban J connectivity index is 1.60. The van der Waals surface area contributed by atoms with Crippen LogP contribution < -0.4 is 15.0 Å². The Morgan fingerprint density at radius 2 is 2.06 bits per heavy atom. The number of benzene rings is 1. The number of rotatable bonds is 6. The SMILES string of the molecule is CCN1C(=O)c2c(nc(NC3CCCC3)n2Cc2ccc(OC)c(Br)c2)N2C[C@@H](C)N=C12. The average molecular weight is 501 g/mol. The first-order valence-electron chi connectivity index (χ1n) is 11.4. The molecular formula is C23H29BrN6O2. The summed E-state index contributed by atoms with van der Waals surface area (Å²) in [7, 11) is 1.66. The number of methoxy groups -OCH3 is 1. The zero-order chi connectivity index (χ0) is 22.4. The summed E-state index contributed by atoms with van der Waals surface area (Å²) in [5, 5.41) is 3.65. The number of aromatic nitrogens is 2. The predicted molar refractivity (Wildman–Crippen MR) is 129 cm³/mol. The van der Waals surface area contributed by atoms with Crippen molar-refractivity contribution in [3.8, 4) is 5.75 Å². The number of guanidine groups is 1. The van der Waals surface area contributed by atoms with E-state index in [0.717, 1.165) is 52.9 Å². The lowest BCUT2D eigenvalue weighted by Crippen LogP contribution is -2.50. The Labute approximate surface area is 196 Å². The van der Waals surface area contributed by atoms with Gasteiger partial charge in [0.15, 0.2) is 11.5 Å². The third-order valence-electron chi connectivity index (χ3n) is 6.48. The highest BCUT2D eigenvalue weighted by molar-refractivity contribution is 9.10. The summed E-state index contributed by atoms with van der Waals surface area (Å²) in [6, 6.07) is 6.54. The molecule has 32 heavy (non-hydrogen) atoms. The number of ether oxygens (including phenoxy) is 1. The van der Waals surface area contributed by atoms with Crippen LogP contribution in [0.1, 0.15) is 55.6 Å². The van der Waals surface area contributed by atoms with Crippen molar-refractivity contribution in [3.63, 3.8) is 0 Å². The van der Waals surface area contributed by atoms with E-state index in [-0.39, 0.29) is 11.9 Å². The van der Waals surface area contributed by atoms with Crippen LogP contribution in [-0.4, -0.2) is 58.6 Å². The van der Waals surface area contributed by atoms with Gasteiger partial charge in [-0.2, -0.15) is 4.98 Å². The van der Waals surface area contributed by atoms with E-state index in [4.69, 9.17) is 14.7 Å². The van der Waals surface area contributed by atoms with Gasteiger partial charge in [-0.1, -0.05) is 18.9 Å². The van der Waals surface area contributed by atoms with Crippen LogP contribution in [0.2, 0.25) is 0 Å². The quantitative estimate of drug-likeness (QED) is 0.646. The highest BCUT2D eigenvalue weighted by Crippen LogP contribution is 2.36. The number of aliphatic imine (C=N–C) groups is 1. The van der Waals surface area contributed by atoms with E-state index in [0.29, 0.717) is 24.8 Å². The van der Waals surface area contributed by atoms with Crippen LogP contribution in [0.3, 0.4) is 0 Å². The number of carbonyl (C=O) groups is 1. The molecule has 1 saturated carbocycles. The Hall–Kier alpha value is -2.55. The van der Waals surface area contributed by atoms with Crippen LogP contribution in [0, 0.1) is 0 Å². The Kier molecular flexibility index (Phi) is 5.61. The van der Waals surface area contributed by atoms with Crippen LogP contribution in [0.5, 0.6) is 5.75 Å². The first kappa shape index (κ1) is 21.3. The van der Waals surface area contributed by atoms with E-state index in [1.54, 1.807) is 12.0 Å². The van der Waals surface area contributed by atoms with Crippen LogP contribution in [0.15, 0.2) is 27.7 Å². The van der Waals surface area contributed by atoms with Gasteiger partial charge in [-0.3, -0.25) is 19.2 Å². The molecule has 1 atom stereocenters. The molecule has 0 radical (unpaired) electrons. The lowest BCUT2D eigenvalue weighted by molar-refractivity contribution is 0.0836. The van der Waals surface area contributed by atoms with E-state index in [2.05, 4.69) is 33.1 Å². The van der Waals surface area contributed by atoms with Gasteiger partial charge in [0.2, 0.25) is 11.9 Å². The standard InChI is InChI=1S/C23H29BrN6O2/c1-4-28-21(31)19-20(30-12-14(2)25-23(28)30)27-22(26-16-7-5-6-8-16)29(19)13-15-9-10-18(32-3)17(24)11-15/h9-11,14,16H,4-8,12-13H2,1-3H3,(H,26,27)/t14-/m1/s1. The minimum atomic E-state index is -0.0360. The molecule has 5 rings (SSSR count). The molecule has 1 aliphatic carbocycles. The molecule has 1 fully saturated rings. The van der Waals surface area contributed by atoms with Crippen molar-refractivity contribution in [3.05, 3.63) is 33.9 Å². The number of imidazole rings is 1. The zero-order valence-electron chi connectivity index (χ0n) is 18.8. The van der Waals surface area contributed by atoms with E-state index in [1.165, 1.54) is 12.8 Å². The van der Waals surface area contributed by atoms with Gasteiger partial charge in [0, 0.05) is 19.1 Å². The van der Waals surface area contributed by atoms with Crippen molar-refractivity contribution in [2.24, 2.45) is 4.99 Å². The van der Waals surface area contributed by atoms with E-state index in [1.807, 2.05) is 29.7 Å². The molecule has 9 heteroatoms. The van der Waals surface area contributed by atoms with Crippen molar-refractivity contribution in [1.82, 2.24) is 14.5 Å². The second kappa shape index (κ2) is 8.42. The van der Waals surface area contributed by atoms with Gasteiger partial charge in [-0.05, 0) is 60.3 Å². The fourth-order valence-corrected chi connectivity index (χ4v) is 5.49. The van der Waals surface area contributed by atoms with Gasteiger partial charge < -0.3 is 10.1 Å². The lowest BCUT2D eigenvalue weighted by atomic mass is 10.2. The number of anilines is 2. The number of nitrogens with one attached hydrogen (secondary N) is 1. The largest absolute Gasteiger partial charge is 0.496 e. The monoisotopic (exact) mass is 500 g/mol. The Morgan fingerprint density at radius 3 is 2.75 bits per heavy atom. The van der Waals surface area contributed by atoms with Gasteiger partial charge in [0.25, 0.3) is 5.91 Å². The topological polar surface area (TPSA) is 75.0 Å². The molecular weight excluding hydrogens is 472 g/mol. The molecule has 2 aliphatic heterocycles. The number of carbonyl (C=O) groups excluding carboxylic acids is 1. The molecule has 8 nitrogen and oxygen atoms in total. The molecule has 2 aromatic rings. The van der Waals surface area contributed by atoms with E-state index >= 15 is 0 Å². The maximum Gasteiger partial charge on any atom is 0.281 e. The minimum absolute atomic E-state index is 0.0360. The number of nitrogens with zero attached hydrogens (tertiary/aromatic N) is 5. The highest BCUT2D eigenvalue weighted by Gasteiger charge is 2.43. The van der Waals surface area contributed by atoms with E-state index in [9.17, 15) is 4.79 Å². The lowest BCUT2D eigenvalue weighted by Gasteiger charge is -2.32. The zero-order valence-corrected chi connectivity index (χ0v) is 20.4. The van der Waals surface area contributed by atoms with Gasteiger partial charge >= 0.3 is 0 Å². The fourth-order valence-electron chi connectivity index (χ4n) is 4.90. The third-order valence-corrected chi connectivity index (χ3v) is 7.10. The van der Waals surface area contributed by atoms with E-state index < -0.39 is 0 Å². The second-order valence-electron chi connectivity index (χ2n) is 8.73. The van der Waals surface area contributed by atoms with Gasteiger partial charge in [-0.25, -0.2) is 4.99 Å². The van der Waals surface area contributed by atoms with Crippen molar-refractivity contribution >= 4 is 39.6 Å². The van der Waals surface area contributed by atoms with Gasteiger partial charge in [0.1, 0.15) is 5.75 Å². The smallest absolute Gasteiger partial charge is 0.281 e. The summed E-state index contributed by atoms with van der Waals surface area (Å²) in [6.45, 7) is 5.92. The molecule has 170 valence electrons. The maximum atomic E-state index is 13.6. The summed E-state index contributed by atoms with van der Waals surface area (Å²) in [6.07, 6.45) is 4.72. The summed E-state index contributed by atoms with van der Waals surface area (Å²) >= 11 is 3.59. The molecule has 3 aliphatic rings.